The molecular formula is C14H10F2N2O4. The maximum absolute atomic E-state index is 13.5. The molecule has 0 aliphatic rings. The van der Waals surface area contributed by atoms with Crippen molar-refractivity contribution in [1.82, 2.24) is 0 Å². The van der Waals surface area contributed by atoms with Crippen molar-refractivity contribution < 1.29 is 23.2 Å². The van der Waals surface area contributed by atoms with Crippen molar-refractivity contribution in [1.29, 1.82) is 0 Å². The molecule has 0 unspecified atom stereocenters. The number of ether oxygens (including phenoxy) is 1. The molecule has 0 aliphatic heterocycles. The van der Waals surface area contributed by atoms with Crippen LogP contribution < -0.4 is 10.1 Å². The molecule has 0 atom stereocenters. The van der Waals surface area contributed by atoms with E-state index < -0.39 is 28.2 Å². The second-order valence-electron chi connectivity index (χ2n) is 4.22. The molecule has 0 saturated heterocycles. The molecule has 2 aromatic carbocycles. The van der Waals surface area contributed by atoms with Gasteiger partial charge in [0.15, 0.2) is 0 Å². The van der Waals surface area contributed by atoms with Crippen LogP contribution in [0.15, 0.2) is 36.4 Å². The Morgan fingerprint density at radius 1 is 1.23 bits per heavy atom. The van der Waals surface area contributed by atoms with E-state index in [2.05, 4.69) is 5.32 Å². The molecule has 6 nitrogen and oxygen atoms in total. The van der Waals surface area contributed by atoms with Crippen LogP contribution in [0.5, 0.6) is 5.75 Å². The Morgan fingerprint density at radius 2 is 1.95 bits per heavy atom. The minimum Gasteiger partial charge on any atom is -0.497 e. The molecule has 22 heavy (non-hydrogen) atoms. The fraction of sp³-hybridized carbons (Fsp3) is 0.0714. The fourth-order valence-corrected chi connectivity index (χ4v) is 1.76. The van der Waals surface area contributed by atoms with Crippen LogP contribution in [0.2, 0.25) is 0 Å². The number of hydrogen-bond acceptors (Lipinski definition) is 4. The molecule has 8 heteroatoms. The summed E-state index contributed by atoms with van der Waals surface area (Å²) >= 11 is 0. The summed E-state index contributed by atoms with van der Waals surface area (Å²) in [6.45, 7) is 0. The lowest BCUT2D eigenvalue weighted by molar-refractivity contribution is -0.385. The fourth-order valence-electron chi connectivity index (χ4n) is 1.76. The van der Waals surface area contributed by atoms with Crippen LogP contribution in [0, 0.1) is 21.7 Å². The molecule has 0 heterocycles. The lowest BCUT2D eigenvalue weighted by atomic mass is 10.1. The van der Waals surface area contributed by atoms with Gasteiger partial charge in [-0.25, -0.2) is 8.78 Å². The summed E-state index contributed by atoms with van der Waals surface area (Å²) < 4.78 is 31.2. The van der Waals surface area contributed by atoms with E-state index in [1.54, 1.807) is 0 Å². The van der Waals surface area contributed by atoms with E-state index in [1.165, 1.54) is 13.2 Å². The van der Waals surface area contributed by atoms with Gasteiger partial charge in [-0.15, -0.1) is 0 Å². The van der Waals surface area contributed by atoms with Crippen molar-refractivity contribution in [3.8, 4) is 5.75 Å². The lowest BCUT2D eigenvalue weighted by Crippen LogP contribution is -2.15. The van der Waals surface area contributed by atoms with E-state index in [-0.39, 0.29) is 17.0 Å². The number of rotatable bonds is 4. The van der Waals surface area contributed by atoms with Crippen molar-refractivity contribution in [2.45, 2.75) is 0 Å². The maximum Gasteiger partial charge on any atom is 0.282 e. The zero-order valence-corrected chi connectivity index (χ0v) is 11.3. The molecular weight excluding hydrogens is 298 g/mol. The summed E-state index contributed by atoms with van der Waals surface area (Å²) in [6.07, 6.45) is 0. The number of amides is 1. The molecule has 0 saturated carbocycles. The molecule has 0 radical (unpaired) electrons. The molecule has 0 aromatic heterocycles. The highest BCUT2D eigenvalue weighted by Gasteiger charge is 2.22. The largest absolute Gasteiger partial charge is 0.497 e. The van der Waals surface area contributed by atoms with E-state index in [0.29, 0.717) is 6.07 Å². The minimum atomic E-state index is -0.987. The number of methoxy groups -OCH3 is 1. The monoisotopic (exact) mass is 308 g/mol. The van der Waals surface area contributed by atoms with Crippen molar-refractivity contribution in [3.05, 3.63) is 63.7 Å². The number of halogens is 2. The van der Waals surface area contributed by atoms with E-state index in [1.807, 2.05) is 0 Å². The zero-order chi connectivity index (χ0) is 16.3. The normalized spacial score (nSPS) is 10.1. The summed E-state index contributed by atoms with van der Waals surface area (Å²) in [5.74, 6) is -2.46. The molecule has 0 fully saturated rings. The van der Waals surface area contributed by atoms with Gasteiger partial charge in [-0.3, -0.25) is 14.9 Å². The molecule has 0 aliphatic carbocycles. The molecule has 1 N–H and O–H groups in total. The van der Waals surface area contributed by atoms with Crippen LogP contribution in [0.1, 0.15) is 10.4 Å². The highest BCUT2D eigenvalue weighted by Crippen LogP contribution is 2.25. The summed E-state index contributed by atoms with van der Waals surface area (Å²) in [7, 11) is 1.34. The van der Waals surface area contributed by atoms with Crippen molar-refractivity contribution in [2.75, 3.05) is 12.4 Å². The third-order valence-electron chi connectivity index (χ3n) is 2.82. The number of carbonyl (C=O) groups is 1. The van der Waals surface area contributed by atoms with Gasteiger partial charge in [0.25, 0.3) is 11.6 Å². The second kappa shape index (κ2) is 6.17. The number of nitrogens with one attached hydrogen (secondary N) is 1. The topological polar surface area (TPSA) is 81.5 Å². The number of hydrogen-bond donors (Lipinski definition) is 1. The van der Waals surface area contributed by atoms with Crippen LogP contribution in [0.25, 0.3) is 0 Å². The number of nitro groups is 1. The highest BCUT2D eigenvalue weighted by atomic mass is 19.1. The van der Waals surface area contributed by atoms with E-state index >= 15 is 0 Å². The summed E-state index contributed by atoms with van der Waals surface area (Å²) in [6, 6.07) is 6.17. The standard InChI is InChI=1S/C14H10F2N2O4/c1-22-9-3-5-13(18(20)21)10(7-9)14(19)17-12-4-2-8(15)6-11(12)16/h2-7H,1H3,(H,17,19). The average Bonchev–Trinajstić information content (AvgIpc) is 2.49. The smallest absolute Gasteiger partial charge is 0.282 e. The molecule has 2 rings (SSSR count). The first-order valence-electron chi connectivity index (χ1n) is 6.01. The zero-order valence-electron chi connectivity index (χ0n) is 11.3. The van der Waals surface area contributed by atoms with Crippen LogP contribution in [0.3, 0.4) is 0 Å². The molecule has 0 bridgehead atoms. The Kier molecular flexibility index (Phi) is 4.31. The Balaban J connectivity index is 2.38. The van der Waals surface area contributed by atoms with Gasteiger partial charge in [-0.05, 0) is 24.3 Å². The summed E-state index contributed by atoms with van der Waals surface area (Å²) in [5, 5.41) is 13.1. The average molecular weight is 308 g/mol. The second-order valence-corrected chi connectivity index (χ2v) is 4.22. The maximum atomic E-state index is 13.5. The minimum absolute atomic E-state index is 0.232. The molecule has 114 valence electrons. The lowest BCUT2D eigenvalue weighted by Gasteiger charge is -2.08. The number of carbonyl (C=O) groups excluding carboxylic acids is 1. The Hall–Kier alpha value is -3.03. The van der Waals surface area contributed by atoms with Crippen LogP contribution >= 0.6 is 0 Å². The third-order valence-corrected chi connectivity index (χ3v) is 2.82. The Morgan fingerprint density at radius 3 is 2.55 bits per heavy atom. The number of anilines is 1. The van der Waals surface area contributed by atoms with Gasteiger partial charge in [0.1, 0.15) is 22.9 Å². The first kappa shape index (κ1) is 15.4. The van der Waals surface area contributed by atoms with Gasteiger partial charge in [0, 0.05) is 12.1 Å². The third kappa shape index (κ3) is 3.17. The van der Waals surface area contributed by atoms with Gasteiger partial charge in [0.2, 0.25) is 0 Å². The Labute approximate surface area is 123 Å². The predicted molar refractivity (Wildman–Crippen MR) is 74.0 cm³/mol. The Bertz CT molecular complexity index is 750. The van der Waals surface area contributed by atoms with E-state index in [9.17, 15) is 23.7 Å². The van der Waals surface area contributed by atoms with Crippen LogP contribution in [-0.4, -0.2) is 17.9 Å². The quantitative estimate of drug-likeness (QED) is 0.695. The van der Waals surface area contributed by atoms with Crippen LogP contribution in [0.4, 0.5) is 20.2 Å². The number of nitrogens with zero attached hydrogens (tertiary/aromatic N) is 1. The SMILES string of the molecule is COc1ccc([N+](=O)[O-])c(C(=O)Nc2ccc(F)cc2F)c1. The first-order chi connectivity index (χ1) is 10.4. The summed E-state index contributed by atoms with van der Waals surface area (Å²) in [5.41, 5.74) is -1.04. The first-order valence-corrected chi connectivity index (χ1v) is 6.01. The summed E-state index contributed by atoms with van der Waals surface area (Å²) in [4.78, 5) is 22.3. The van der Waals surface area contributed by atoms with Gasteiger partial charge >= 0.3 is 0 Å². The van der Waals surface area contributed by atoms with Gasteiger partial charge in [-0.2, -0.15) is 0 Å². The van der Waals surface area contributed by atoms with Gasteiger partial charge in [0.05, 0.1) is 17.7 Å². The highest BCUT2D eigenvalue weighted by molar-refractivity contribution is 6.07. The van der Waals surface area contributed by atoms with Gasteiger partial charge < -0.3 is 10.1 Å². The van der Waals surface area contributed by atoms with E-state index in [4.69, 9.17) is 4.74 Å². The van der Waals surface area contributed by atoms with Gasteiger partial charge in [-0.1, -0.05) is 0 Å². The van der Waals surface area contributed by atoms with Crippen molar-refractivity contribution >= 4 is 17.3 Å². The molecule has 1 amide bonds. The van der Waals surface area contributed by atoms with Crippen molar-refractivity contribution in [3.63, 3.8) is 0 Å². The van der Waals surface area contributed by atoms with E-state index in [0.717, 1.165) is 24.3 Å². The number of benzene rings is 2. The number of nitro benzene ring substituents is 1. The predicted octanol–water partition coefficient (Wildman–Crippen LogP) is 3.13. The van der Waals surface area contributed by atoms with Crippen LogP contribution in [-0.2, 0) is 0 Å². The molecule has 2 aromatic rings. The molecule has 0 spiro atoms. The van der Waals surface area contributed by atoms with Crippen molar-refractivity contribution in [2.24, 2.45) is 0 Å².